The van der Waals surface area contributed by atoms with E-state index in [1.54, 1.807) is 18.2 Å². The van der Waals surface area contributed by atoms with Gasteiger partial charge in [0, 0.05) is 5.56 Å². The van der Waals surface area contributed by atoms with Gasteiger partial charge in [0.05, 0.1) is 19.8 Å². The molecule has 0 radical (unpaired) electrons. The van der Waals surface area contributed by atoms with Gasteiger partial charge in [-0.1, -0.05) is 30.2 Å². The topological polar surface area (TPSA) is 35.5 Å². The van der Waals surface area contributed by atoms with Crippen molar-refractivity contribution in [1.82, 2.24) is 0 Å². The van der Waals surface area contributed by atoms with E-state index in [0.717, 1.165) is 5.56 Å². The van der Waals surface area contributed by atoms with Gasteiger partial charge in [0.15, 0.2) is 11.5 Å². The Morgan fingerprint density at radius 1 is 0.950 bits per heavy atom. The molecular weight excluding hydrogens is 252 g/mol. The average molecular weight is 266 g/mol. The SMILES string of the molecule is COc1cccc(C(=O)C#Cc2ccccc2)c1OC. The minimum absolute atomic E-state index is 0.301. The molecule has 2 rings (SSSR count). The Morgan fingerprint density at radius 2 is 1.70 bits per heavy atom. The standard InChI is InChI=1S/C17H14O3/c1-19-16-10-6-9-14(17(16)20-2)15(18)12-11-13-7-4-3-5-8-13/h3-10H,1-2H3. The Balaban J connectivity index is 2.33. The average Bonchev–Trinajstić information content (AvgIpc) is 2.52. The summed E-state index contributed by atoms with van der Waals surface area (Å²) in [5.74, 6) is 6.07. The molecule has 20 heavy (non-hydrogen) atoms. The van der Waals surface area contributed by atoms with Crippen molar-refractivity contribution >= 4 is 5.78 Å². The van der Waals surface area contributed by atoms with Crippen molar-refractivity contribution in [1.29, 1.82) is 0 Å². The van der Waals surface area contributed by atoms with Gasteiger partial charge in [0.2, 0.25) is 5.78 Å². The van der Waals surface area contributed by atoms with Crippen LogP contribution < -0.4 is 9.47 Å². The third-order valence-corrected chi connectivity index (χ3v) is 2.74. The summed E-state index contributed by atoms with van der Waals surface area (Å²) in [6.45, 7) is 0. The van der Waals surface area contributed by atoms with Crippen LogP contribution in [0.2, 0.25) is 0 Å². The van der Waals surface area contributed by atoms with Gasteiger partial charge in [0.25, 0.3) is 0 Å². The smallest absolute Gasteiger partial charge is 0.240 e. The minimum Gasteiger partial charge on any atom is -0.493 e. The fraction of sp³-hybridized carbons (Fsp3) is 0.118. The predicted octanol–water partition coefficient (Wildman–Crippen LogP) is 2.94. The number of Topliss-reactive ketones (excluding diaryl/α,β-unsaturated/α-hetero) is 1. The van der Waals surface area contributed by atoms with Gasteiger partial charge in [0.1, 0.15) is 0 Å². The van der Waals surface area contributed by atoms with Crippen molar-refractivity contribution in [2.24, 2.45) is 0 Å². The number of ether oxygens (including phenoxy) is 2. The quantitative estimate of drug-likeness (QED) is 0.633. The summed E-state index contributed by atoms with van der Waals surface area (Å²) in [5.41, 5.74) is 1.19. The normalized spacial score (nSPS) is 9.30. The molecule has 0 aromatic heterocycles. The van der Waals surface area contributed by atoms with Crippen LogP contribution in [0, 0.1) is 11.8 Å². The van der Waals surface area contributed by atoms with Crippen molar-refractivity contribution in [3.8, 4) is 23.3 Å². The maximum atomic E-state index is 12.2. The molecule has 0 amide bonds. The Bertz CT molecular complexity index is 664. The van der Waals surface area contributed by atoms with Gasteiger partial charge < -0.3 is 9.47 Å². The third kappa shape index (κ3) is 2.99. The van der Waals surface area contributed by atoms with Gasteiger partial charge in [-0.15, -0.1) is 0 Å². The van der Waals surface area contributed by atoms with E-state index in [1.807, 2.05) is 30.3 Å². The second-order valence-electron chi connectivity index (χ2n) is 3.99. The number of ketones is 1. The molecular formula is C17H14O3. The van der Waals surface area contributed by atoms with E-state index >= 15 is 0 Å². The number of hydrogen-bond donors (Lipinski definition) is 0. The van der Waals surface area contributed by atoms with E-state index < -0.39 is 0 Å². The number of para-hydroxylation sites is 1. The summed E-state index contributed by atoms with van der Waals surface area (Å²) in [5, 5.41) is 0. The van der Waals surface area contributed by atoms with Crippen LogP contribution in [0.25, 0.3) is 0 Å². The van der Waals surface area contributed by atoms with Crippen molar-refractivity contribution in [2.45, 2.75) is 0 Å². The van der Waals surface area contributed by atoms with E-state index in [1.165, 1.54) is 14.2 Å². The van der Waals surface area contributed by atoms with Crippen LogP contribution in [0.3, 0.4) is 0 Å². The minimum atomic E-state index is -0.301. The molecule has 0 bridgehead atoms. The van der Waals surface area contributed by atoms with E-state index in [2.05, 4.69) is 11.8 Å². The van der Waals surface area contributed by atoms with Crippen LogP contribution in [0.5, 0.6) is 11.5 Å². The van der Waals surface area contributed by atoms with Crippen LogP contribution in [-0.4, -0.2) is 20.0 Å². The highest BCUT2D eigenvalue weighted by molar-refractivity contribution is 6.11. The molecule has 2 aromatic carbocycles. The van der Waals surface area contributed by atoms with Gasteiger partial charge in [-0.2, -0.15) is 0 Å². The molecule has 0 aliphatic heterocycles. The Labute approximate surface area is 118 Å². The Hall–Kier alpha value is -2.73. The van der Waals surface area contributed by atoms with Crippen LogP contribution in [0.15, 0.2) is 48.5 Å². The summed E-state index contributed by atoms with van der Waals surface area (Å²) in [6.07, 6.45) is 0. The van der Waals surface area contributed by atoms with Crippen molar-refractivity contribution < 1.29 is 14.3 Å². The highest BCUT2D eigenvalue weighted by Gasteiger charge is 2.14. The number of rotatable bonds is 3. The lowest BCUT2D eigenvalue weighted by Gasteiger charge is -2.09. The monoisotopic (exact) mass is 266 g/mol. The molecule has 0 atom stereocenters. The maximum absolute atomic E-state index is 12.2. The molecule has 0 saturated heterocycles. The molecule has 0 unspecified atom stereocenters. The molecule has 0 aliphatic carbocycles. The van der Waals surface area contributed by atoms with Crippen molar-refractivity contribution in [3.05, 3.63) is 59.7 Å². The lowest BCUT2D eigenvalue weighted by Crippen LogP contribution is -2.01. The summed E-state index contributed by atoms with van der Waals surface area (Å²) in [7, 11) is 3.03. The largest absolute Gasteiger partial charge is 0.493 e. The second-order valence-corrected chi connectivity index (χ2v) is 3.99. The van der Waals surface area contributed by atoms with Crippen molar-refractivity contribution in [3.63, 3.8) is 0 Å². The molecule has 0 spiro atoms. The predicted molar refractivity (Wildman–Crippen MR) is 77.2 cm³/mol. The molecule has 0 saturated carbocycles. The van der Waals surface area contributed by atoms with Gasteiger partial charge >= 0.3 is 0 Å². The molecule has 0 aliphatic rings. The number of carbonyl (C=O) groups excluding carboxylic acids is 1. The first-order valence-corrected chi connectivity index (χ1v) is 6.08. The van der Waals surface area contributed by atoms with Gasteiger partial charge in [-0.05, 0) is 30.2 Å². The number of benzene rings is 2. The maximum Gasteiger partial charge on any atom is 0.240 e. The highest BCUT2D eigenvalue weighted by Crippen LogP contribution is 2.30. The van der Waals surface area contributed by atoms with Gasteiger partial charge in [-0.3, -0.25) is 4.79 Å². The first-order chi connectivity index (χ1) is 9.76. The Kier molecular flexibility index (Phi) is 4.41. The highest BCUT2D eigenvalue weighted by atomic mass is 16.5. The van der Waals surface area contributed by atoms with Gasteiger partial charge in [-0.25, -0.2) is 0 Å². The molecule has 2 aromatic rings. The lowest BCUT2D eigenvalue weighted by molar-refractivity contribution is 0.105. The zero-order chi connectivity index (χ0) is 14.4. The third-order valence-electron chi connectivity index (χ3n) is 2.74. The molecule has 3 heteroatoms. The summed E-state index contributed by atoms with van der Waals surface area (Å²) in [6, 6.07) is 14.5. The van der Waals surface area contributed by atoms with E-state index in [9.17, 15) is 4.79 Å². The summed E-state index contributed by atoms with van der Waals surface area (Å²) >= 11 is 0. The number of hydrogen-bond acceptors (Lipinski definition) is 3. The molecule has 3 nitrogen and oxygen atoms in total. The first-order valence-electron chi connectivity index (χ1n) is 6.08. The molecule has 0 N–H and O–H groups in total. The zero-order valence-electron chi connectivity index (χ0n) is 11.3. The van der Waals surface area contributed by atoms with Crippen LogP contribution in [-0.2, 0) is 0 Å². The molecule has 0 heterocycles. The van der Waals surface area contributed by atoms with Crippen molar-refractivity contribution in [2.75, 3.05) is 14.2 Å². The Morgan fingerprint density at radius 3 is 2.35 bits per heavy atom. The zero-order valence-corrected chi connectivity index (χ0v) is 11.3. The second kappa shape index (κ2) is 6.44. The van der Waals surface area contributed by atoms with E-state index in [-0.39, 0.29) is 5.78 Å². The fourth-order valence-electron chi connectivity index (χ4n) is 1.78. The van der Waals surface area contributed by atoms with Crippen LogP contribution in [0.1, 0.15) is 15.9 Å². The summed E-state index contributed by atoms with van der Waals surface area (Å²) < 4.78 is 10.4. The van der Waals surface area contributed by atoms with Crippen LogP contribution in [0.4, 0.5) is 0 Å². The number of carbonyl (C=O) groups is 1. The molecule has 100 valence electrons. The van der Waals surface area contributed by atoms with E-state index in [4.69, 9.17) is 9.47 Å². The summed E-state index contributed by atoms with van der Waals surface area (Å²) in [4.78, 5) is 12.2. The fourth-order valence-corrected chi connectivity index (χ4v) is 1.78. The number of methoxy groups -OCH3 is 2. The lowest BCUT2D eigenvalue weighted by atomic mass is 10.1. The molecule has 0 fully saturated rings. The van der Waals surface area contributed by atoms with Crippen LogP contribution >= 0.6 is 0 Å². The first kappa shape index (κ1) is 13.7. The van der Waals surface area contributed by atoms with E-state index in [0.29, 0.717) is 17.1 Å².